The number of aromatic nitrogens is 1. The second-order valence-electron chi connectivity index (χ2n) is 5.83. The number of hydrogen-bond acceptors (Lipinski definition) is 2. The molecule has 0 spiro atoms. The van der Waals surface area contributed by atoms with Crippen molar-refractivity contribution < 1.29 is 4.79 Å². The van der Waals surface area contributed by atoms with Crippen LogP contribution in [0.2, 0.25) is 0 Å². The normalized spacial score (nSPS) is 16.6. The molecule has 1 amide bonds. The summed E-state index contributed by atoms with van der Waals surface area (Å²) in [6.45, 7) is 8.09. The summed E-state index contributed by atoms with van der Waals surface area (Å²) in [5.41, 5.74) is 8.41. The van der Waals surface area contributed by atoms with E-state index >= 15 is 0 Å². The number of nitrogens with one attached hydrogen (secondary N) is 1. The first-order chi connectivity index (χ1) is 8.38. The minimum absolute atomic E-state index is 0.0240. The van der Waals surface area contributed by atoms with Crippen LogP contribution in [0.5, 0.6) is 0 Å². The number of nitrogen functional groups attached to an aromatic ring is 1. The fraction of sp³-hybridized carbons (Fsp3) is 0.500. The monoisotopic (exact) mass is 247 g/mol. The van der Waals surface area contributed by atoms with Gasteiger partial charge >= 0.3 is 0 Å². The van der Waals surface area contributed by atoms with Crippen molar-refractivity contribution in [2.24, 2.45) is 5.41 Å². The predicted octanol–water partition coefficient (Wildman–Crippen LogP) is 2.42. The van der Waals surface area contributed by atoms with Crippen LogP contribution in [0, 0.1) is 5.41 Å². The zero-order chi connectivity index (χ0) is 13.3. The van der Waals surface area contributed by atoms with Crippen molar-refractivity contribution in [2.75, 3.05) is 18.8 Å². The zero-order valence-electron chi connectivity index (χ0n) is 11.3. The summed E-state index contributed by atoms with van der Waals surface area (Å²) in [6.07, 6.45) is 4.77. The Labute approximate surface area is 108 Å². The van der Waals surface area contributed by atoms with Crippen molar-refractivity contribution in [3.8, 4) is 0 Å². The average Bonchev–Trinajstić information content (AvgIpc) is 2.74. The molecule has 0 bridgehead atoms. The first-order valence-electron chi connectivity index (χ1n) is 6.30. The van der Waals surface area contributed by atoms with Crippen molar-refractivity contribution in [1.29, 1.82) is 0 Å². The van der Waals surface area contributed by atoms with E-state index in [9.17, 15) is 4.79 Å². The lowest BCUT2D eigenvalue weighted by Gasteiger charge is -2.32. The molecule has 0 aliphatic carbocycles. The van der Waals surface area contributed by atoms with E-state index in [0.29, 0.717) is 17.9 Å². The molecule has 0 fully saturated rings. The molecule has 0 radical (unpaired) electrons. The molecule has 0 saturated heterocycles. The lowest BCUT2D eigenvalue weighted by molar-refractivity contribution is 0.0760. The SMILES string of the molecule is CC(C)(C)C1=CCN(C(=O)c2cc(N)c[nH]2)CC1. The van der Waals surface area contributed by atoms with Gasteiger partial charge in [0.15, 0.2) is 0 Å². The molecule has 1 aromatic rings. The number of rotatable bonds is 1. The summed E-state index contributed by atoms with van der Waals surface area (Å²) in [6, 6.07) is 1.69. The molecule has 3 N–H and O–H groups in total. The summed E-state index contributed by atoms with van der Waals surface area (Å²) in [5.74, 6) is 0.0240. The van der Waals surface area contributed by atoms with Crippen molar-refractivity contribution in [3.05, 3.63) is 29.6 Å². The third-order valence-corrected chi connectivity index (χ3v) is 3.40. The van der Waals surface area contributed by atoms with Crippen molar-refractivity contribution in [3.63, 3.8) is 0 Å². The van der Waals surface area contributed by atoms with E-state index in [1.54, 1.807) is 12.3 Å². The highest BCUT2D eigenvalue weighted by molar-refractivity contribution is 5.93. The highest BCUT2D eigenvalue weighted by Gasteiger charge is 2.24. The number of nitrogens with two attached hydrogens (primary N) is 1. The molecule has 0 atom stereocenters. The third kappa shape index (κ3) is 2.58. The number of anilines is 1. The Morgan fingerprint density at radius 3 is 2.61 bits per heavy atom. The number of amides is 1. The summed E-state index contributed by atoms with van der Waals surface area (Å²) in [4.78, 5) is 16.9. The van der Waals surface area contributed by atoms with Crippen LogP contribution in [0.15, 0.2) is 23.9 Å². The van der Waals surface area contributed by atoms with Crippen molar-refractivity contribution >= 4 is 11.6 Å². The van der Waals surface area contributed by atoms with Gasteiger partial charge in [-0.05, 0) is 17.9 Å². The van der Waals surface area contributed by atoms with Gasteiger partial charge in [0.1, 0.15) is 5.69 Å². The van der Waals surface area contributed by atoms with Gasteiger partial charge in [-0.3, -0.25) is 4.79 Å². The van der Waals surface area contributed by atoms with Crippen LogP contribution >= 0.6 is 0 Å². The quantitative estimate of drug-likeness (QED) is 0.749. The number of carbonyl (C=O) groups is 1. The molecule has 1 aromatic heterocycles. The maximum Gasteiger partial charge on any atom is 0.270 e. The molecule has 2 heterocycles. The van der Waals surface area contributed by atoms with Gasteiger partial charge in [-0.1, -0.05) is 32.4 Å². The van der Waals surface area contributed by atoms with E-state index in [-0.39, 0.29) is 11.3 Å². The van der Waals surface area contributed by atoms with Gasteiger partial charge in [-0.15, -0.1) is 0 Å². The minimum atomic E-state index is 0.0240. The lowest BCUT2D eigenvalue weighted by atomic mass is 9.83. The van der Waals surface area contributed by atoms with Gasteiger partial charge in [0.2, 0.25) is 0 Å². The number of nitrogens with zero attached hydrogens (tertiary/aromatic N) is 1. The van der Waals surface area contributed by atoms with E-state index in [0.717, 1.165) is 13.0 Å². The summed E-state index contributed by atoms with van der Waals surface area (Å²) in [5, 5.41) is 0. The molecular weight excluding hydrogens is 226 g/mol. The van der Waals surface area contributed by atoms with Crippen LogP contribution < -0.4 is 5.73 Å². The Kier molecular flexibility index (Phi) is 3.20. The Morgan fingerprint density at radius 2 is 2.17 bits per heavy atom. The Balaban J connectivity index is 2.06. The van der Waals surface area contributed by atoms with Crippen LogP contribution in [-0.4, -0.2) is 28.9 Å². The molecule has 18 heavy (non-hydrogen) atoms. The fourth-order valence-corrected chi connectivity index (χ4v) is 2.24. The molecule has 2 rings (SSSR count). The molecule has 0 aromatic carbocycles. The van der Waals surface area contributed by atoms with E-state index in [2.05, 4.69) is 31.8 Å². The highest BCUT2D eigenvalue weighted by Crippen LogP contribution is 2.30. The largest absolute Gasteiger partial charge is 0.397 e. The average molecular weight is 247 g/mol. The summed E-state index contributed by atoms with van der Waals surface area (Å²) < 4.78 is 0. The zero-order valence-corrected chi connectivity index (χ0v) is 11.3. The molecule has 0 saturated carbocycles. The standard InChI is InChI=1S/C14H21N3O/c1-14(2,3)10-4-6-17(7-5-10)13(18)12-8-11(15)9-16-12/h4,8-9,16H,5-7,15H2,1-3H3. The minimum Gasteiger partial charge on any atom is -0.397 e. The smallest absolute Gasteiger partial charge is 0.270 e. The fourth-order valence-electron chi connectivity index (χ4n) is 2.24. The maximum atomic E-state index is 12.2. The van der Waals surface area contributed by atoms with Crippen LogP contribution in [0.25, 0.3) is 0 Å². The van der Waals surface area contributed by atoms with Gasteiger partial charge in [-0.25, -0.2) is 0 Å². The maximum absolute atomic E-state index is 12.2. The number of aromatic amines is 1. The van der Waals surface area contributed by atoms with Crippen molar-refractivity contribution in [2.45, 2.75) is 27.2 Å². The van der Waals surface area contributed by atoms with Gasteiger partial charge in [0.25, 0.3) is 5.91 Å². The molecule has 4 nitrogen and oxygen atoms in total. The van der Waals surface area contributed by atoms with Gasteiger partial charge < -0.3 is 15.6 Å². The van der Waals surface area contributed by atoms with Crippen LogP contribution in [0.1, 0.15) is 37.7 Å². The molecule has 1 aliphatic rings. The van der Waals surface area contributed by atoms with Gasteiger partial charge in [-0.2, -0.15) is 0 Å². The summed E-state index contributed by atoms with van der Waals surface area (Å²) in [7, 11) is 0. The topological polar surface area (TPSA) is 62.1 Å². The molecule has 4 heteroatoms. The van der Waals surface area contributed by atoms with Crippen LogP contribution in [-0.2, 0) is 0 Å². The second kappa shape index (κ2) is 4.52. The van der Waals surface area contributed by atoms with Crippen molar-refractivity contribution in [1.82, 2.24) is 9.88 Å². The van der Waals surface area contributed by atoms with Gasteiger partial charge in [0.05, 0.1) is 0 Å². The highest BCUT2D eigenvalue weighted by atomic mass is 16.2. The van der Waals surface area contributed by atoms with E-state index in [1.165, 1.54) is 5.57 Å². The van der Waals surface area contributed by atoms with E-state index in [1.807, 2.05) is 4.90 Å². The Bertz CT molecular complexity index is 479. The number of hydrogen-bond donors (Lipinski definition) is 2. The first kappa shape index (κ1) is 12.7. The van der Waals surface area contributed by atoms with Crippen LogP contribution in [0.4, 0.5) is 5.69 Å². The molecule has 1 aliphatic heterocycles. The third-order valence-electron chi connectivity index (χ3n) is 3.40. The number of H-pyrrole nitrogens is 1. The van der Waals surface area contributed by atoms with Gasteiger partial charge in [0, 0.05) is 25.0 Å². The number of carbonyl (C=O) groups excluding carboxylic acids is 1. The molecule has 98 valence electrons. The predicted molar refractivity (Wildman–Crippen MR) is 73.3 cm³/mol. The molecule has 0 unspecified atom stereocenters. The summed E-state index contributed by atoms with van der Waals surface area (Å²) >= 11 is 0. The Morgan fingerprint density at radius 1 is 1.44 bits per heavy atom. The van der Waals surface area contributed by atoms with Crippen LogP contribution in [0.3, 0.4) is 0 Å². The second-order valence-corrected chi connectivity index (χ2v) is 5.83. The Hall–Kier alpha value is -1.71. The molecular formula is C14H21N3O. The van der Waals surface area contributed by atoms with E-state index in [4.69, 9.17) is 5.73 Å². The lowest BCUT2D eigenvalue weighted by Crippen LogP contribution is -2.36. The first-order valence-corrected chi connectivity index (χ1v) is 6.30. The van der Waals surface area contributed by atoms with E-state index < -0.39 is 0 Å².